The highest BCUT2D eigenvalue weighted by molar-refractivity contribution is 7.19. The van der Waals surface area contributed by atoms with Crippen LogP contribution in [-0.4, -0.2) is 38.7 Å². The van der Waals surface area contributed by atoms with Crippen LogP contribution in [0.3, 0.4) is 0 Å². The maximum absolute atomic E-state index is 14.1. The third kappa shape index (κ3) is 4.23. The van der Waals surface area contributed by atoms with E-state index in [1.54, 1.807) is 17.4 Å². The van der Waals surface area contributed by atoms with Gasteiger partial charge in [0.25, 0.3) is 0 Å². The van der Waals surface area contributed by atoms with Crippen molar-refractivity contribution in [2.45, 2.75) is 20.1 Å². The Kier molecular flexibility index (Phi) is 6.11. The number of hydrogen-bond acceptors (Lipinski definition) is 4. The Bertz CT molecular complexity index is 583. The molecule has 0 unspecified atom stereocenters. The van der Waals surface area contributed by atoms with Crippen LogP contribution in [0.15, 0.2) is 18.2 Å². The molecule has 0 saturated heterocycles. The van der Waals surface area contributed by atoms with Crippen LogP contribution in [0.4, 0.5) is 4.39 Å². The fourth-order valence-corrected chi connectivity index (χ4v) is 3.36. The summed E-state index contributed by atoms with van der Waals surface area (Å²) in [5, 5.41) is 4.04. The van der Waals surface area contributed by atoms with Gasteiger partial charge in [-0.25, -0.2) is 4.39 Å². The van der Waals surface area contributed by atoms with Crippen LogP contribution in [-0.2, 0) is 17.9 Å². The monoisotopic (exact) mass is 310 g/mol. The zero-order valence-electron chi connectivity index (χ0n) is 12.9. The first-order valence-corrected chi connectivity index (χ1v) is 8.07. The number of rotatable bonds is 8. The molecule has 0 radical (unpaired) electrons. The number of halogens is 1. The lowest BCUT2D eigenvalue weighted by molar-refractivity contribution is 0.106. The first kappa shape index (κ1) is 16.4. The van der Waals surface area contributed by atoms with Crippen LogP contribution < -0.4 is 5.32 Å². The van der Waals surface area contributed by atoms with Gasteiger partial charge in [-0.15, -0.1) is 11.3 Å². The summed E-state index contributed by atoms with van der Waals surface area (Å²) in [6.45, 7) is 5.72. The molecule has 116 valence electrons. The number of hydrogen-bond donors (Lipinski definition) is 1. The Labute approximate surface area is 129 Å². The third-order valence-electron chi connectivity index (χ3n) is 3.31. The van der Waals surface area contributed by atoms with E-state index in [0.29, 0.717) is 13.2 Å². The Morgan fingerprint density at radius 3 is 2.86 bits per heavy atom. The second kappa shape index (κ2) is 7.84. The second-order valence-corrected chi connectivity index (χ2v) is 6.39. The summed E-state index contributed by atoms with van der Waals surface area (Å²) in [5.41, 5.74) is 0.993. The molecule has 0 amide bonds. The summed E-state index contributed by atoms with van der Waals surface area (Å²) in [5.74, 6) is -0.155. The minimum atomic E-state index is -0.155. The molecule has 0 spiro atoms. The van der Waals surface area contributed by atoms with Gasteiger partial charge in [0.05, 0.1) is 13.2 Å². The molecule has 3 nitrogen and oxygen atoms in total. The van der Waals surface area contributed by atoms with Crippen molar-refractivity contribution in [1.29, 1.82) is 0 Å². The molecule has 0 bridgehead atoms. The normalized spacial score (nSPS) is 11.7. The maximum atomic E-state index is 14.1. The largest absolute Gasteiger partial charge is 0.375 e. The lowest BCUT2D eigenvalue weighted by atomic mass is 10.1. The van der Waals surface area contributed by atoms with Crippen LogP contribution >= 0.6 is 11.3 Å². The molecule has 1 heterocycles. The SMILES string of the molecule is CCNCc1sc2cccc(F)c2c1COCCN(C)C. The van der Waals surface area contributed by atoms with Crippen LogP contribution in [0, 0.1) is 5.82 Å². The smallest absolute Gasteiger partial charge is 0.132 e. The third-order valence-corrected chi connectivity index (χ3v) is 4.51. The van der Waals surface area contributed by atoms with E-state index in [2.05, 4.69) is 17.1 Å². The quantitative estimate of drug-likeness (QED) is 0.758. The molecule has 21 heavy (non-hydrogen) atoms. The molecule has 0 atom stereocenters. The molecular formula is C16H23FN2OS. The summed E-state index contributed by atoms with van der Waals surface area (Å²) in [7, 11) is 4.03. The highest BCUT2D eigenvalue weighted by Gasteiger charge is 2.15. The van der Waals surface area contributed by atoms with Crippen molar-refractivity contribution >= 4 is 21.4 Å². The van der Waals surface area contributed by atoms with E-state index in [0.717, 1.165) is 35.3 Å². The van der Waals surface area contributed by atoms with Crippen molar-refractivity contribution < 1.29 is 9.13 Å². The highest BCUT2D eigenvalue weighted by Crippen LogP contribution is 2.33. The number of ether oxygens (including phenoxy) is 1. The molecule has 1 aromatic carbocycles. The minimum Gasteiger partial charge on any atom is -0.375 e. The molecule has 5 heteroatoms. The molecule has 0 fully saturated rings. The Balaban J connectivity index is 2.20. The van der Waals surface area contributed by atoms with Crippen molar-refractivity contribution in [1.82, 2.24) is 10.2 Å². The zero-order chi connectivity index (χ0) is 15.2. The van der Waals surface area contributed by atoms with E-state index in [4.69, 9.17) is 4.74 Å². The molecule has 0 aliphatic rings. The lowest BCUT2D eigenvalue weighted by Crippen LogP contribution is -2.18. The van der Waals surface area contributed by atoms with Crippen molar-refractivity contribution in [3.63, 3.8) is 0 Å². The number of thiophene rings is 1. The fourth-order valence-electron chi connectivity index (χ4n) is 2.17. The van der Waals surface area contributed by atoms with Gasteiger partial charge in [-0.3, -0.25) is 0 Å². The van der Waals surface area contributed by atoms with Gasteiger partial charge in [-0.1, -0.05) is 13.0 Å². The van der Waals surface area contributed by atoms with Gasteiger partial charge >= 0.3 is 0 Å². The summed E-state index contributed by atoms with van der Waals surface area (Å²) in [4.78, 5) is 3.24. The maximum Gasteiger partial charge on any atom is 0.132 e. The number of benzene rings is 1. The molecule has 0 aliphatic heterocycles. The van der Waals surface area contributed by atoms with Crippen molar-refractivity contribution in [2.24, 2.45) is 0 Å². The predicted octanol–water partition coefficient (Wildman–Crippen LogP) is 3.23. The van der Waals surface area contributed by atoms with Gasteiger partial charge < -0.3 is 15.0 Å². The molecular weight excluding hydrogens is 287 g/mol. The number of nitrogens with zero attached hydrogens (tertiary/aromatic N) is 1. The van der Waals surface area contributed by atoms with E-state index in [9.17, 15) is 4.39 Å². The Hall–Kier alpha value is -1.01. The van der Waals surface area contributed by atoms with Gasteiger partial charge in [-0.05, 0) is 32.8 Å². The van der Waals surface area contributed by atoms with Gasteiger partial charge in [-0.2, -0.15) is 0 Å². The number of fused-ring (bicyclic) bond motifs is 1. The molecule has 2 aromatic rings. The van der Waals surface area contributed by atoms with Crippen molar-refractivity contribution in [2.75, 3.05) is 33.8 Å². The molecule has 0 aliphatic carbocycles. The summed E-state index contributed by atoms with van der Waals surface area (Å²) in [6, 6.07) is 5.26. The Morgan fingerprint density at radius 2 is 2.14 bits per heavy atom. The van der Waals surface area contributed by atoms with E-state index in [1.165, 1.54) is 10.9 Å². The van der Waals surface area contributed by atoms with Crippen LogP contribution in [0.2, 0.25) is 0 Å². The molecule has 2 rings (SSSR count). The van der Waals surface area contributed by atoms with Crippen molar-refractivity contribution in [3.8, 4) is 0 Å². The average molecular weight is 310 g/mol. The van der Waals surface area contributed by atoms with Crippen LogP contribution in [0.1, 0.15) is 17.4 Å². The van der Waals surface area contributed by atoms with Gasteiger partial charge in [0.15, 0.2) is 0 Å². The molecule has 1 N–H and O–H groups in total. The molecule has 0 saturated carbocycles. The standard InChI is InChI=1S/C16H23FN2OS/c1-4-18-10-15-12(11-20-9-8-19(2)3)16-13(17)6-5-7-14(16)21-15/h5-7,18H,4,8-11H2,1-3H3. The fraction of sp³-hybridized carbons (Fsp3) is 0.500. The van der Waals surface area contributed by atoms with Crippen LogP contribution in [0.25, 0.3) is 10.1 Å². The Morgan fingerprint density at radius 1 is 1.33 bits per heavy atom. The zero-order valence-corrected chi connectivity index (χ0v) is 13.7. The van der Waals surface area contributed by atoms with E-state index >= 15 is 0 Å². The van der Waals surface area contributed by atoms with E-state index in [1.807, 2.05) is 20.2 Å². The number of nitrogens with one attached hydrogen (secondary N) is 1. The van der Waals surface area contributed by atoms with E-state index < -0.39 is 0 Å². The minimum absolute atomic E-state index is 0.155. The van der Waals surface area contributed by atoms with Gasteiger partial charge in [0, 0.05) is 33.6 Å². The number of likely N-dealkylation sites (N-methyl/N-ethyl adjacent to an activating group) is 1. The lowest BCUT2D eigenvalue weighted by Gasteiger charge is -2.11. The van der Waals surface area contributed by atoms with Crippen molar-refractivity contribution in [3.05, 3.63) is 34.5 Å². The average Bonchev–Trinajstić information content (AvgIpc) is 2.80. The summed E-state index contributed by atoms with van der Waals surface area (Å²) >= 11 is 1.65. The van der Waals surface area contributed by atoms with Crippen LogP contribution in [0.5, 0.6) is 0 Å². The first-order valence-electron chi connectivity index (χ1n) is 7.25. The summed E-state index contributed by atoms with van der Waals surface area (Å²) in [6.07, 6.45) is 0. The summed E-state index contributed by atoms with van der Waals surface area (Å²) < 4.78 is 20.9. The van der Waals surface area contributed by atoms with Gasteiger partial charge in [0.2, 0.25) is 0 Å². The second-order valence-electron chi connectivity index (χ2n) is 5.25. The highest BCUT2D eigenvalue weighted by atomic mass is 32.1. The topological polar surface area (TPSA) is 24.5 Å². The first-order chi connectivity index (χ1) is 10.1. The van der Waals surface area contributed by atoms with E-state index in [-0.39, 0.29) is 5.82 Å². The van der Waals surface area contributed by atoms with Gasteiger partial charge in [0.1, 0.15) is 5.82 Å². The predicted molar refractivity (Wildman–Crippen MR) is 87.4 cm³/mol. The molecule has 1 aromatic heterocycles.